The second-order valence-corrected chi connectivity index (χ2v) is 10.4. The lowest BCUT2D eigenvalue weighted by Gasteiger charge is -2.34. The molecule has 0 unspecified atom stereocenters. The topological polar surface area (TPSA) is 85.0 Å². The van der Waals surface area contributed by atoms with Crippen molar-refractivity contribution in [3.8, 4) is 0 Å². The number of likely N-dealkylation sites (N-methyl/N-ethyl adjacent to an activating group) is 1. The third kappa shape index (κ3) is 5.60. The van der Waals surface area contributed by atoms with Crippen LogP contribution >= 0.6 is 11.6 Å². The van der Waals surface area contributed by atoms with E-state index in [2.05, 4.69) is 26.8 Å². The molecule has 2 aromatic carbocycles. The van der Waals surface area contributed by atoms with Crippen LogP contribution in [0.25, 0.3) is 0 Å². The first-order valence-electron chi connectivity index (χ1n) is 11.3. The minimum absolute atomic E-state index is 0.0791. The molecule has 8 nitrogen and oxygen atoms in total. The van der Waals surface area contributed by atoms with E-state index in [4.69, 9.17) is 11.6 Å². The smallest absolute Gasteiger partial charge is 0.261 e. The van der Waals surface area contributed by atoms with Crippen LogP contribution in [0.2, 0.25) is 5.02 Å². The van der Waals surface area contributed by atoms with Crippen molar-refractivity contribution in [2.45, 2.75) is 11.8 Å². The van der Waals surface area contributed by atoms with Gasteiger partial charge in [0, 0.05) is 62.9 Å². The molecule has 0 radical (unpaired) electrons. The van der Waals surface area contributed by atoms with Gasteiger partial charge in [-0.05, 0) is 49.0 Å². The van der Waals surface area contributed by atoms with Gasteiger partial charge in [0.25, 0.3) is 15.9 Å². The predicted octanol–water partition coefficient (Wildman–Crippen LogP) is 2.33. The first-order chi connectivity index (χ1) is 15.9. The molecule has 2 fully saturated rings. The summed E-state index contributed by atoms with van der Waals surface area (Å²) in [5.74, 6) is -0.0791. The Bertz CT molecular complexity index is 1080. The van der Waals surface area contributed by atoms with Crippen LogP contribution in [0.1, 0.15) is 17.3 Å². The summed E-state index contributed by atoms with van der Waals surface area (Å²) in [7, 11) is -3.85. The Morgan fingerprint density at radius 1 is 1.00 bits per heavy atom. The first kappa shape index (κ1) is 23.8. The molecule has 0 aromatic heterocycles. The van der Waals surface area contributed by atoms with Crippen molar-refractivity contribution in [1.82, 2.24) is 15.1 Å². The molecule has 2 aliphatic heterocycles. The number of halogens is 1. The van der Waals surface area contributed by atoms with E-state index in [1.54, 1.807) is 24.3 Å². The minimum atomic E-state index is -3.85. The second-order valence-electron chi connectivity index (χ2n) is 8.25. The lowest BCUT2D eigenvalue weighted by Crippen LogP contribution is -2.48. The Hall–Kier alpha value is -2.33. The number of nitrogens with zero attached hydrogens (tertiary/aromatic N) is 3. The highest BCUT2D eigenvalue weighted by atomic mass is 35.5. The SMILES string of the molecule is CCN1CCN(C(=O)c2ccc(N3CCNCC3)c(NS(=O)(=O)c3ccc(Cl)cc3)c2)CC1. The summed E-state index contributed by atoms with van der Waals surface area (Å²) in [5.41, 5.74) is 1.65. The maximum Gasteiger partial charge on any atom is 0.261 e. The average Bonchev–Trinajstić information content (AvgIpc) is 2.84. The monoisotopic (exact) mass is 491 g/mol. The standard InChI is InChI=1S/C23H30ClN5O3S/c1-2-27-13-15-29(16-14-27)23(30)18-3-8-22(28-11-9-25-10-12-28)21(17-18)26-33(31,32)20-6-4-19(24)5-7-20/h3-8,17,25-26H,2,9-16H2,1H3. The molecule has 0 atom stereocenters. The molecule has 1 amide bonds. The van der Waals surface area contributed by atoms with Crippen molar-refractivity contribution in [3.05, 3.63) is 53.1 Å². The fourth-order valence-electron chi connectivity index (χ4n) is 4.20. The van der Waals surface area contributed by atoms with Crippen molar-refractivity contribution in [1.29, 1.82) is 0 Å². The summed E-state index contributed by atoms with van der Waals surface area (Å²) in [6.07, 6.45) is 0. The Morgan fingerprint density at radius 2 is 1.67 bits per heavy atom. The van der Waals surface area contributed by atoms with Crippen LogP contribution in [0.4, 0.5) is 11.4 Å². The highest BCUT2D eigenvalue weighted by Crippen LogP contribution is 2.31. The molecule has 178 valence electrons. The van der Waals surface area contributed by atoms with Crippen LogP contribution in [0.3, 0.4) is 0 Å². The number of amides is 1. The number of rotatable bonds is 6. The van der Waals surface area contributed by atoms with Gasteiger partial charge in [-0.2, -0.15) is 0 Å². The van der Waals surface area contributed by atoms with E-state index in [1.807, 2.05) is 11.0 Å². The number of benzene rings is 2. The van der Waals surface area contributed by atoms with Gasteiger partial charge in [-0.3, -0.25) is 9.52 Å². The Labute approximate surface area is 200 Å². The van der Waals surface area contributed by atoms with Gasteiger partial charge in [0.1, 0.15) is 0 Å². The summed E-state index contributed by atoms with van der Waals surface area (Å²) in [6, 6.07) is 11.3. The van der Waals surface area contributed by atoms with Gasteiger partial charge in [-0.15, -0.1) is 0 Å². The molecule has 10 heteroatoms. The zero-order valence-corrected chi connectivity index (χ0v) is 20.3. The summed E-state index contributed by atoms with van der Waals surface area (Å²) in [5, 5.41) is 3.77. The van der Waals surface area contributed by atoms with E-state index >= 15 is 0 Å². The lowest BCUT2D eigenvalue weighted by molar-refractivity contribution is 0.0643. The Balaban J connectivity index is 1.63. The molecule has 2 aromatic rings. The third-order valence-electron chi connectivity index (χ3n) is 6.18. The van der Waals surface area contributed by atoms with E-state index in [0.717, 1.165) is 51.5 Å². The van der Waals surface area contributed by atoms with Crippen molar-refractivity contribution in [2.75, 3.05) is 68.5 Å². The number of hydrogen-bond donors (Lipinski definition) is 2. The molecule has 0 saturated carbocycles. The normalized spacial score (nSPS) is 17.8. The van der Waals surface area contributed by atoms with Gasteiger partial charge >= 0.3 is 0 Å². The zero-order chi connectivity index (χ0) is 23.4. The van der Waals surface area contributed by atoms with Crippen LogP contribution < -0.4 is 14.9 Å². The van der Waals surface area contributed by atoms with Gasteiger partial charge in [0.15, 0.2) is 0 Å². The van der Waals surface area contributed by atoms with Crippen LogP contribution in [0.5, 0.6) is 0 Å². The number of hydrogen-bond acceptors (Lipinski definition) is 6. The molecule has 2 heterocycles. The minimum Gasteiger partial charge on any atom is -0.367 e. The molecule has 0 bridgehead atoms. The van der Waals surface area contributed by atoms with Crippen molar-refractivity contribution >= 4 is 38.9 Å². The molecule has 2 N–H and O–H groups in total. The predicted molar refractivity (Wildman–Crippen MR) is 132 cm³/mol. The van der Waals surface area contributed by atoms with E-state index in [-0.39, 0.29) is 10.8 Å². The molecule has 0 aliphatic carbocycles. The fraction of sp³-hybridized carbons (Fsp3) is 0.435. The molecule has 4 rings (SSSR count). The van der Waals surface area contributed by atoms with Gasteiger partial charge < -0.3 is 20.0 Å². The number of piperazine rings is 2. The van der Waals surface area contributed by atoms with E-state index in [0.29, 0.717) is 29.4 Å². The van der Waals surface area contributed by atoms with Crippen molar-refractivity contribution in [2.24, 2.45) is 0 Å². The maximum absolute atomic E-state index is 13.2. The zero-order valence-electron chi connectivity index (χ0n) is 18.8. The highest BCUT2D eigenvalue weighted by molar-refractivity contribution is 7.92. The van der Waals surface area contributed by atoms with Crippen LogP contribution in [0, 0.1) is 0 Å². The summed E-state index contributed by atoms with van der Waals surface area (Å²) in [4.78, 5) is 19.6. The largest absolute Gasteiger partial charge is 0.367 e. The summed E-state index contributed by atoms with van der Waals surface area (Å²) in [6.45, 7) is 9.23. The molecule has 33 heavy (non-hydrogen) atoms. The summed E-state index contributed by atoms with van der Waals surface area (Å²) < 4.78 is 29.0. The van der Waals surface area contributed by atoms with Crippen molar-refractivity contribution in [3.63, 3.8) is 0 Å². The molecule has 2 aliphatic rings. The van der Waals surface area contributed by atoms with E-state index in [9.17, 15) is 13.2 Å². The number of sulfonamides is 1. The fourth-order valence-corrected chi connectivity index (χ4v) is 5.39. The van der Waals surface area contributed by atoms with Gasteiger partial charge in [-0.1, -0.05) is 18.5 Å². The molecule has 0 spiro atoms. The van der Waals surface area contributed by atoms with Crippen LogP contribution in [-0.2, 0) is 10.0 Å². The first-order valence-corrected chi connectivity index (χ1v) is 13.1. The van der Waals surface area contributed by atoms with E-state index in [1.165, 1.54) is 12.1 Å². The van der Waals surface area contributed by atoms with Gasteiger partial charge in [0.2, 0.25) is 0 Å². The number of nitrogens with one attached hydrogen (secondary N) is 2. The highest BCUT2D eigenvalue weighted by Gasteiger charge is 2.25. The third-order valence-corrected chi connectivity index (χ3v) is 7.81. The van der Waals surface area contributed by atoms with Crippen LogP contribution in [-0.4, -0.2) is 83.0 Å². The molecular weight excluding hydrogens is 462 g/mol. The number of anilines is 2. The van der Waals surface area contributed by atoms with Crippen molar-refractivity contribution < 1.29 is 13.2 Å². The molecule has 2 saturated heterocycles. The number of carbonyl (C=O) groups excluding carboxylic acids is 1. The van der Waals surface area contributed by atoms with E-state index < -0.39 is 10.0 Å². The van der Waals surface area contributed by atoms with Crippen LogP contribution in [0.15, 0.2) is 47.4 Å². The molecular formula is C23H30ClN5O3S. The Morgan fingerprint density at radius 3 is 2.30 bits per heavy atom. The number of carbonyl (C=O) groups is 1. The lowest BCUT2D eigenvalue weighted by atomic mass is 10.1. The second kappa shape index (κ2) is 10.3. The average molecular weight is 492 g/mol. The quantitative estimate of drug-likeness (QED) is 0.645. The summed E-state index contributed by atoms with van der Waals surface area (Å²) >= 11 is 5.92. The Kier molecular flexibility index (Phi) is 7.43. The van der Waals surface area contributed by atoms with Gasteiger partial charge in [0.05, 0.1) is 16.3 Å². The van der Waals surface area contributed by atoms with Gasteiger partial charge in [-0.25, -0.2) is 8.42 Å². The maximum atomic E-state index is 13.2.